The van der Waals surface area contributed by atoms with E-state index in [2.05, 4.69) is 20.2 Å². The van der Waals surface area contributed by atoms with E-state index in [9.17, 15) is 9.18 Å². The highest BCUT2D eigenvalue weighted by atomic mass is 19.1. The molecule has 1 aliphatic heterocycles. The van der Waals surface area contributed by atoms with Gasteiger partial charge in [-0.25, -0.2) is 14.4 Å². The normalized spacial score (nSPS) is 14.7. The van der Waals surface area contributed by atoms with E-state index in [0.717, 1.165) is 18.9 Å². The molecule has 1 fully saturated rings. The molecule has 1 aromatic carbocycles. The summed E-state index contributed by atoms with van der Waals surface area (Å²) in [5.74, 6) is 1.06. The molecule has 0 unspecified atom stereocenters. The molecule has 0 radical (unpaired) electrons. The topological polar surface area (TPSA) is 61.4 Å². The van der Waals surface area contributed by atoms with E-state index in [1.54, 1.807) is 31.2 Å². The minimum Gasteiger partial charge on any atom is -0.353 e. The lowest BCUT2D eigenvalue weighted by Gasteiger charge is -2.34. The summed E-state index contributed by atoms with van der Waals surface area (Å²) in [5, 5.41) is 2.96. The van der Waals surface area contributed by atoms with E-state index >= 15 is 0 Å². The first-order valence-electron chi connectivity index (χ1n) is 7.47. The summed E-state index contributed by atoms with van der Waals surface area (Å²) in [5.41, 5.74) is 0.374. The summed E-state index contributed by atoms with van der Waals surface area (Å²) in [4.78, 5) is 23.7. The maximum absolute atomic E-state index is 13.7. The molecule has 0 bridgehead atoms. The molecule has 1 N–H and O–H groups in total. The molecule has 0 aliphatic carbocycles. The second kappa shape index (κ2) is 6.60. The zero-order valence-electron chi connectivity index (χ0n) is 12.9. The van der Waals surface area contributed by atoms with E-state index in [1.807, 2.05) is 4.90 Å². The highest BCUT2D eigenvalue weighted by Gasteiger charge is 2.19. The number of hydrogen-bond donors (Lipinski definition) is 1. The Labute approximate surface area is 134 Å². The number of carbonyl (C=O) groups excluding carboxylic acids is 1. The molecule has 0 atom stereocenters. The number of piperazine rings is 1. The Morgan fingerprint density at radius 2 is 1.91 bits per heavy atom. The number of rotatable bonds is 3. The van der Waals surface area contributed by atoms with Gasteiger partial charge in [-0.2, -0.15) is 0 Å². The van der Waals surface area contributed by atoms with Gasteiger partial charge in [0.2, 0.25) is 5.91 Å². The van der Waals surface area contributed by atoms with Crippen molar-refractivity contribution in [1.29, 1.82) is 0 Å². The van der Waals surface area contributed by atoms with E-state index in [1.165, 1.54) is 12.4 Å². The first-order chi connectivity index (χ1) is 11.1. The van der Waals surface area contributed by atoms with E-state index < -0.39 is 0 Å². The van der Waals surface area contributed by atoms with Gasteiger partial charge in [0, 0.05) is 39.2 Å². The van der Waals surface area contributed by atoms with Gasteiger partial charge in [-0.15, -0.1) is 0 Å². The fourth-order valence-corrected chi connectivity index (χ4v) is 2.54. The van der Waals surface area contributed by atoms with Gasteiger partial charge in [0.1, 0.15) is 23.8 Å². The zero-order chi connectivity index (χ0) is 16.2. The Bertz CT molecular complexity index is 700. The number of benzene rings is 1. The van der Waals surface area contributed by atoms with Crippen LogP contribution in [0.5, 0.6) is 0 Å². The Morgan fingerprint density at radius 1 is 1.17 bits per heavy atom. The Morgan fingerprint density at radius 3 is 2.61 bits per heavy atom. The molecule has 0 saturated carbocycles. The molecule has 2 aromatic rings. The number of halogens is 1. The molecular weight excluding hydrogens is 297 g/mol. The SMILES string of the molecule is CC(=O)N1CCN(c2cc(Nc3ccccc3F)ncn2)CC1. The van der Waals surface area contributed by atoms with Crippen LogP contribution in [0.4, 0.5) is 21.7 Å². The average molecular weight is 315 g/mol. The van der Waals surface area contributed by atoms with Crippen LogP contribution in [-0.4, -0.2) is 47.0 Å². The molecule has 0 spiro atoms. The van der Waals surface area contributed by atoms with Gasteiger partial charge in [-0.05, 0) is 12.1 Å². The zero-order valence-corrected chi connectivity index (χ0v) is 12.9. The van der Waals surface area contributed by atoms with Crippen molar-refractivity contribution in [3.8, 4) is 0 Å². The standard InChI is InChI=1S/C16H18FN5O/c1-12(23)21-6-8-22(9-7-21)16-10-15(18-11-19-16)20-14-5-3-2-4-13(14)17/h2-5,10-11H,6-9H2,1H3,(H,18,19,20). The number of para-hydroxylation sites is 1. The van der Waals surface area contributed by atoms with Gasteiger partial charge in [-0.1, -0.05) is 12.1 Å². The molecule has 2 heterocycles. The molecule has 6 nitrogen and oxygen atoms in total. The quantitative estimate of drug-likeness (QED) is 0.939. The minimum atomic E-state index is -0.331. The van der Waals surface area contributed by atoms with Crippen LogP contribution in [0, 0.1) is 5.82 Å². The third-order valence-corrected chi connectivity index (χ3v) is 3.84. The summed E-state index contributed by atoms with van der Waals surface area (Å²) in [6.45, 7) is 4.37. The molecule has 23 heavy (non-hydrogen) atoms. The second-order valence-electron chi connectivity index (χ2n) is 5.36. The van der Waals surface area contributed by atoms with E-state index in [-0.39, 0.29) is 11.7 Å². The van der Waals surface area contributed by atoms with Gasteiger partial charge in [0.15, 0.2) is 0 Å². The van der Waals surface area contributed by atoms with Crippen LogP contribution in [0.25, 0.3) is 0 Å². The molecule has 1 amide bonds. The van der Waals surface area contributed by atoms with Crippen molar-refractivity contribution >= 4 is 23.2 Å². The predicted molar refractivity (Wildman–Crippen MR) is 86.2 cm³/mol. The van der Waals surface area contributed by atoms with Crippen LogP contribution in [0.2, 0.25) is 0 Å². The number of aromatic nitrogens is 2. The van der Waals surface area contributed by atoms with Crippen molar-refractivity contribution in [1.82, 2.24) is 14.9 Å². The van der Waals surface area contributed by atoms with Crippen LogP contribution in [0.3, 0.4) is 0 Å². The van der Waals surface area contributed by atoms with Crippen molar-refractivity contribution in [3.05, 3.63) is 42.5 Å². The summed E-state index contributed by atoms with van der Waals surface area (Å²) >= 11 is 0. The molecule has 120 valence electrons. The van der Waals surface area contributed by atoms with Crippen LogP contribution in [0.15, 0.2) is 36.7 Å². The minimum absolute atomic E-state index is 0.0919. The first-order valence-corrected chi connectivity index (χ1v) is 7.47. The van der Waals surface area contributed by atoms with Gasteiger partial charge in [0.05, 0.1) is 5.69 Å². The summed E-state index contributed by atoms with van der Waals surface area (Å²) in [6.07, 6.45) is 1.45. The highest BCUT2D eigenvalue weighted by Crippen LogP contribution is 2.21. The number of carbonyl (C=O) groups is 1. The summed E-state index contributed by atoms with van der Waals surface area (Å²) in [7, 11) is 0. The third-order valence-electron chi connectivity index (χ3n) is 3.84. The van der Waals surface area contributed by atoms with Crippen molar-refractivity contribution in [2.24, 2.45) is 0 Å². The molecular formula is C16H18FN5O. The second-order valence-corrected chi connectivity index (χ2v) is 5.36. The maximum atomic E-state index is 13.7. The fourth-order valence-electron chi connectivity index (χ4n) is 2.54. The van der Waals surface area contributed by atoms with Crippen molar-refractivity contribution in [3.63, 3.8) is 0 Å². The smallest absolute Gasteiger partial charge is 0.219 e. The molecule has 1 saturated heterocycles. The largest absolute Gasteiger partial charge is 0.353 e. The fraction of sp³-hybridized carbons (Fsp3) is 0.312. The molecule has 7 heteroatoms. The molecule has 1 aliphatic rings. The Balaban J connectivity index is 1.71. The van der Waals surface area contributed by atoms with Crippen molar-refractivity contribution in [2.45, 2.75) is 6.92 Å². The van der Waals surface area contributed by atoms with Gasteiger partial charge in [0.25, 0.3) is 0 Å². The predicted octanol–water partition coefficient (Wildman–Crippen LogP) is 2.03. The number of nitrogens with zero attached hydrogens (tertiary/aromatic N) is 4. The van der Waals surface area contributed by atoms with Crippen molar-refractivity contribution < 1.29 is 9.18 Å². The number of hydrogen-bond acceptors (Lipinski definition) is 5. The Kier molecular flexibility index (Phi) is 4.36. The number of nitrogens with one attached hydrogen (secondary N) is 1. The first kappa shape index (κ1) is 15.2. The van der Waals surface area contributed by atoms with Crippen LogP contribution < -0.4 is 10.2 Å². The van der Waals surface area contributed by atoms with Crippen LogP contribution >= 0.6 is 0 Å². The lowest BCUT2D eigenvalue weighted by atomic mass is 10.3. The lowest BCUT2D eigenvalue weighted by Crippen LogP contribution is -2.48. The lowest BCUT2D eigenvalue weighted by molar-refractivity contribution is -0.129. The number of amides is 1. The van der Waals surface area contributed by atoms with E-state index in [4.69, 9.17) is 0 Å². The van der Waals surface area contributed by atoms with Gasteiger partial charge < -0.3 is 15.1 Å². The third kappa shape index (κ3) is 3.56. The molecule has 1 aromatic heterocycles. The van der Waals surface area contributed by atoms with Crippen molar-refractivity contribution in [2.75, 3.05) is 36.4 Å². The van der Waals surface area contributed by atoms with E-state index in [0.29, 0.717) is 24.6 Å². The molecule has 3 rings (SSSR count). The Hall–Kier alpha value is -2.70. The maximum Gasteiger partial charge on any atom is 0.219 e. The summed E-state index contributed by atoms with van der Waals surface area (Å²) < 4.78 is 13.7. The monoisotopic (exact) mass is 315 g/mol. The average Bonchev–Trinajstić information content (AvgIpc) is 2.57. The highest BCUT2D eigenvalue weighted by molar-refractivity contribution is 5.73. The van der Waals surface area contributed by atoms with Gasteiger partial charge in [-0.3, -0.25) is 4.79 Å². The van der Waals surface area contributed by atoms with Gasteiger partial charge >= 0.3 is 0 Å². The van der Waals surface area contributed by atoms with Crippen LogP contribution in [0.1, 0.15) is 6.92 Å². The number of anilines is 3. The van der Waals surface area contributed by atoms with Crippen LogP contribution in [-0.2, 0) is 4.79 Å². The summed E-state index contributed by atoms with van der Waals surface area (Å²) in [6, 6.07) is 8.24.